The van der Waals surface area contributed by atoms with E-state index in [9.17, 15) is 23.1 Å². The number of aromatic hydroxyl groups is 1. The molecule has 0 bridgehead atoms. The molecule has 0 saturated heterocycles. The highest BCUT2D eigenvalue weighted by Crippen LogP contribution is 2.46. The second-order valence-corrected chi connectivity index (χ2v) is 10.9. The summed E-state index contributed by atoms with van der Waals surface area (Å²) in [6.45, 7) is 0. The molecule has 6 aromatic rings. The van der Waals surface area contributed by atoms with E-state index in [1.165, 1.54) is 33.5 Å². The molecule has 15 heteroatoms. The van der Waals surface area contributed by atoms with Gasteiger partial charge in [0.05, 0.1) is 32.7 Å². The molecule has 47 heavy (non-hydrogen) atoms. The van der Waals surface area contributed by atoms with Gasteiger partial charge in [0.1, 0.15) is 15.5 Å². The Bertz CT molecular complexity index is 2090. The summed E-state index contributed by atoms with van der Waals surface area (Å²) in [5.74, 6) is -0.925. The highest BCUT2D eigenvalue weighted by Gasteiger charge is 2.38. The largest absolute Gasteiger partial charge is 0.573 e. The summed E-state index contributed by atoms with van der Waals surface area (Å²) in [6.07, 6.45) is -4.89. The molecule has 3 aromatic carbocycles. The molecule has 3 heterocycles. The van der Waals surface area contributed by atoms with Gasteiger partial charge in [0, 0.05) is 27.8 Å². The minimum atomic E-state index is -4.89. The van der Waals surface area contributed by atoms with Crippen molar-refractivity contribution < 1.29 is 51.2 Å². The van der Waals surface area contributed by atoms with E-state index >= 15 is 0 Å². The number of fused-ring (bicyclic) bond motifs is 1. The van der Waals surface area contributed by atoms with Gasteiger partial charge in [-0.1, -0.05) is 30.3 Å². The van der Waals surface area contributed by atoms with Crippen molar-refractivity contribution in [2.24, 2.45) is 0 Å². The number of ether oxygens (including phenoxy) is 4. The number of hydrogen-bond acceptors (Lipinski definition) is 11. The van der Waals surface area contributed by atoms with E-state index in [0.29, 0.717) is 44.3 Å². The third kappa shape index (κ3) is 5.83. The van der Waals surface area contributed by atoms with Crippen molar-refractivity contribution in [2.75, 3.05) is 27.1 Å². The minimum absolute atomic E-state index is 0.00989. The number of nitrogens with zero attached hydrogens (tertiary/aromatic N) is 3. The van der Waals surface area contributed by atoms with Crippen LogP contribution < -0.4 is 29.4 Å². The normalized spacial score (nSPS) is 11.4. The summed E-state index contributed by atoms with van der Waals surface area (Å²) < 4.78 is 64.4. The first kappa shape index (κ1) is 31.2. The molecule has 11 nitrogen and oxygen atoms in total. The summed E-state index contributed by atoms with van der Waals surface area (Å²) in [7, 11) is 4.47. The number of nitrogens with two attached hydrogens (primary N) is 1. The molecule has 0 aliphatic carbocycles. The lowest BCUT2D eigenvalue weighted by Crippen LogP contribution is -2.38. The predicted molar refractivity (Wildman–Crippen MR) is 164 cm³/mol. The van der Waals surface area contributed by atoms with E-state index in [4.69, 9.17) is 29.5 Å². The SMILES string of the molecule is COc1cc(-c2cc(-c3ccccc3)nc3sc(C(=O)c4c(O)on[n+]4-c4ccc(OC(F)(F)F)cc4)c(N)c23)cc(OC)c1OC. The van der Waals surface area contributed by atoms with E-state index in [1.54, 1.807) is 12.1 Å². The van der Waals surface area contributed by atoms with Crippen LogP contribution in [0.5, 0.6) is 28.9 Å². The number of carbonyl (C=O) groups excluding carboxylic acids is 1. The van der Waals surface area contributed by atoms with Crippen molar-refractivity contribution in [2.45, 2.75) is 6.36 Å². The number of alkyl halides is 3. The number of methoxy groups -OCH3 is 3. The lowest BCUT2D eigenvalue weighted by Gasteiger charge is -2.15. The first-order valence-corrected chi connectivity index (χ1v) is 14.4. The Morgan fingerprint density at radius 2 is 1.60 bits per heavy atom. The molecule has 0 atom stereocenters. The second kappa shape index (κ2) is 12.2. The van der Waals surface area contributed by atoms with Gasteiger partial charge in [-0.15, -0.1) is 24.5 Å². The number of carbonyl (C=O) groups is 1. The molecule has 6 rings (SSSR count). The van der Waals surface area contributed by atoms with Crippen molar-refractivity contribution in [1.29, 1.82) is 0 Å². The third-order valence-electron chi connectivity index (χ3n) is 7.10. The monoisotopic (exact) mass is 665 g/mol. The van der Waals surface area contributed by atoms with Crippen molar-refractivity contribution in [3.05, 3.63) is 83.4 Å². The molecule has 0 aliphatic heterocycles. The summed E-state index contributed by atoms with van der Waals surface area (Å²) >= 11 is 0.985. The van der Waals surface area contributed by atoms with E-state index in [0.717, 1.165) is 33.7 Å². The number of halogens is 3. The number of aromatic nitrogens is 3. The third-order valence-corrected chi connectivity index (χ3v) is 8.20. The maximum Gasteiger partial charge on any atom is 0.573 e. The number of benzene rings is 3. The van der Waals surface area contributed by atoms with Gasteiger partial charge in [-0.3, -0.25) is 9.32 Å². The van der Waals surface area contributed by atoms with E-state index in [2.05, 4.69) is 10.0 Å². The van der Waals surface area contributed by atoms with Crippen LogP contribution in [0.4, 0.5) is 18.9 Å². The Morgan fingerprint density at radius 3 is 2.19 bits per heavy atom. The first-order valence-electron chi connectivity index (χ1n) is 13.6. The van der Waals surface area contributed by atoms with Crippen molar-refractivity contribution >= 4 is 33.0 Å². The molecule has 0 saturated carbocycles. The smallest absolute Gasteiger partial charge is 0.493 e. The van der Waals surface area contributed by atoms with Crippen molar-refractivity contribution in [1.82, 2.24) is 10.3 Å². The summed E-state index contributed by atoms with van der Waals surface area (Å²) in [5, 5.41) is 14.7. The summed E-state index contributed by atoms with van der Waals surface area (Å²) in [6, 6.07) is 19.2. The van der Waals surface area contributed by atoms with Crippen LogP contribution >= 0.6 is 11.3 Å². The molecule has 0 fully saturated rings. The van der Waals surface area contributed by atoms with Crippen LogP contribution in [-0.4, -0.2) is 48.8 Å². The summed E-state index contributed by atoms with van der Waals surface area (Å²) in [5.41, 5.74) is 9.05. The lowest BCUT2D eigenvalue weighted by molar-refractivity contribution is -0.672. The van der Waals surface area contributed by atoms with Gasteiger partial charge >= 0.3 is 18.0 Å². The molecular weight excluding hydrogens is 641 g/mol. The van der Waals surface area contributed by atoms with Crippen LogP contribution in [0.25, 0.3) is 38.3 Å². The second-order valence-electron chi connectivity index (χ2n) is 9.87. The topological polar surface area (TPSA) is 143 Å². The fraction of sp³-hybridized carbons (Fsp3) is 0.125. The fourth-order valence-electron chi connectivity index (χ4n) is 5.03. The lowest BCUT2D eigenvalue weighted by atomic mass is 9.98. The van der Waals surface area contributed by atoms with E-state index < -0.39 is 29.5 Å². The zero-order chi connectivity index (χ0) is 33.5. The Balaban J connectivity index is 1.52. The van der Waals surface area contributed by atoms with Crippen LogP contribution in [-0.2, 0) is 0 Å². The maximum atomic E-state index is 14.0. The highest BCUT2D eigenvalue weighted by atomic mass is 32.1. The van der Waals surface area contributed by atoms with E-state index in [-0.39, 0.29) is 16.3 Å². The van der Waals surface area contributed by atoms with Gasteiger partial charge in [0.25, 0.3) is 5.78 Å². The molecule has 3 N–H and O–H groups in total. The number of anilines is 1. The first-order chi connectivity index (χ1) is 22.5. The molecule has 0 amide bonds. The van der Waals surface area contributed by atoms with Crippen molar-refractivity contribution in [3.63, 3.8) is 0 Å². The Morgan fingerprint density at radius 1 is 0.936 bits per heavy atom. The minimum Gasteiger partial charge on any atom is -0.493 e. The number of rotatable bonds is 9. The standard InChI is InChI=1S/C32H23F3N4O7S/c1-42-22-13-17(14-23(43-2)28(22)44-3)20-15-21(16-7-5-4-6-8-16)37-30-24(20)25(36)29(47-30)27(40)26-31(41)46-38-39(26)18-9-11-19(12-10-18)45-32(33,34)35/h4-15H,1-3H3,(H2-,36,38,40,41)/p+1. The molecule has 0 radical (unpaired) electrons. The zero-order valence-electron chi connectivity index (χ0n) is 24.8. The van der Waals surface area contributed by atoms with Gasteiger partial charge in [-0.25, -0.2) is 4.98 Å². The fourth-order valence-corrected chi connectivity index (χ4v) is 6.09. The van der Waals surface area contributed by atoms with Crippen LogP contribution in [0.2, 0.25) is 0 Å². The predicted octanol–water partition coefficient (Wildman–Crippen LogP) is 6.34. The molecule has 0 unspecified atom stereocenters. The van der Waals surface area contributed by atoms with Gasteiger partial charge in [0.15, 0.2) is 11.5 Å². The van der Waals surface area contributed by atoms with Crippen LogP contribution in [0.15, 0.2) is 77.3 Å². The molecular formula is C32H24F3N4O7S+. The number of nitrogen functional groups attached to an aromatic ring is 1. The van der Waals surface area contributed by atoms with Crippen LogP contribution in [0.1, 0.15) is 15.4 Å². The van der Waals surface area contributed by atoms with Crippen molar-refractivity contribution in [3.8, 4) is 57.0 Å². The van der Waals surface area contributed by atoms with E-state index in [1.807, 2.05) is 36.4 Å². The number of hydrogen-bond donors (Lipinski definition) is 2. The number of ketones is 1. The molecule has 0 aliphatic rings. The number of thiophene rings is 1. The highest BCUT2D eigenvalue weighted by molar-refractivity contribution is 7.21. The van der Waals surface area contributed by atoms with Gasteiger partial charge in [-0.2, -0.15) is 0 Å². The Hall–Kier alpha value is -5.83. The molecule has 0 spiro atoms. The quantitative estimate of drug-likeness (QED) is 0.133. The van der Waals surface area contributed by atoms with Gasteiger partial charge in [-0.05, 0) is 41.5 Å². The zero-order valence-corrected chi connectivity index (χ0v) is 25.6. The molecule has 240 valence electrons. The average molecular weight is 666 g/mol. The van der Waals surface area contributed by atoms with Crippen LogP contribution in [0, 0.1) is 0 Å². The van der Waals surface area contributed by atoms with Crippen LogP contribution in [0.3, 0.4) is 0 Å². The Labute approximate surface area is 268 Å². The summed E-state index contributed by atoms with van der Waals surface area (Å²) in [4.78, 5) is 19.3. The number of pyridine rings is 1. The van der Waals surface area contributed by atoms with Gasteiger partial charge < -0.3 is 29.8 Å². The molecule has 3 aromatic heterocycles. The average Bonchev–Trinajstić information content (AvgIpc) is 3.62. The Kier molecular flexibility index (Phi) is 8.07. The maximum absolute atomic E-state index is 14.0. The van der Waals surface area contributed by atoms with Gasteiger partial charge in [0.2, 0.25) is 16.7 Å².